The highest BCUT2D eigenvalue weighted by atomic mass is 32.2. The third-order valence-electron chi connectivity index (χ3n) is 2.59. The van der Waals surface area contributed by atoms with Crippen molar-refractivity contribution in [2.45, 2.75) is 29.8 Å². The Labute approximate surface area is 120 Å². The molecule has 0 N–H and O–H groups in total. The van der Waals surface area contributed by atoms with Crippen LogP contribution < -0.4 is 0 Å². The molecule has 0 aliphatic heterocycles. The SMILES string of the molecule is CC(=O)CCC(=O)c1ccc(Sc2ccc(F)cc2)o1. The lowest BCUT2D eigenvalue weighted by atomic mass is 10.1. The number of Topliss-reactive ketones (excluding diaryl/α,β-unsaturated/α-hetero) is 2. The van der Waals surface area contributed by atoms with Gasteiger partial charge in [0.25, 0.3) is 0 Å². The maximum Gasteiger partial charge on any atom is 0.198 e. The lowest BCUT2D eigenvalue weighted by Gasteiger charge is -1.98. The third kappa shape index (κ3) is 4.06. The molecule has 1 aromatic carbocycles. The second kappa shape index (κ2) is 6.52. The van der Waals surface area contributed by atoms with E-state index in [0.717, 1.165) is 4.90 Å². The van der Waals surface area contributed by atoms with Crippen LogP contribution >= 0.6 is 11.8 Å². The molecule has 0 saturated carbocycles. The molecular formula is C15H13FO3S. The fourth-order valence-electron chi connectivity index (χ4n) is 1.56. The Morgan fingerprint density at radius 1 is 1.10 bits per heavy atom. The molecule has 0 amide bonds. The molecule has 20 heavy (non-hydrogen) atoms. The molecule has 3 nitrogen and oxygen atoms in total. The number of rotatable bonds is 6. The topological polar surface area (TPSA) is 47.3 Å². The first-order chi connectivity index (χ1) is 9.54. The third-order valence-corrected chi connectivity index (χ3v) is 3.52. The van der Waals surface area contributed by atoms with E-state index in [1.807, 2.05) is 0 Å². The van der Waals surface area contributed by atoms with E-state index in [0.29, 0.717) is 5.09 Å². The molecule has 5 heteroatoms. The minimum absolute atomic E-state index is 0.0224. The quantitative estimate of drug-likeness (QED) is 0.751. The monoisotopic (exact) mass is 292 g/mol. The highest BCUT2D eigenvalue weighted by molar-refractivity contribution is 7.99. The largest absolute Gasteiger partial charge is 0.446 e. The Morgan fingerprint density at radius 3 is 2.45 bits per heavy atom. The summed E-state index contributed by atoms with van der Waals surface area (Å²) in [5, 5.41) is 0.558. The van der Waals surface area contributed by atoms with Crippen LogP contribution in [0.25, 0.3) is 0 Å². The van der Waals surface area contributed by atoms with E-state index in [4.69, 9.17) is 4.42 Å². The van der Waals surface area contributed by atoms with E-state index in [9.17, 15) is 14.0 Å². The van der Waals surface area contributed by atoms with Gasteiger partial charge in [0.2, 0.25) is 0 Å². The zero-order valence-corrected chi connectivity index (χ0v) is 11.7. The number of halogens is 1. The molecule has 0 saturated heterocycles. The van der Waals surface area contributed by atoms with Crippen LogP contribution in [0.1, 0.15) is 30.3 Å². The molecule has 0 fully saturated rings. The van der Waals surface area contributed by atoms with Crippen molar-refractivity contribution in [3.8, 4) is 0 Å². The Morgan fingerprint density at radius 2 is 1.80 bits per heavy atom. The summed E-state index contributed by atoms with van der Waals surface area (Å²) in [5.41, 5.74) is 0. The Bertz CT molecular complexity index is 616. The fourth-order valence-corrected chi connectivity index (χ4v) is 2.33. The number of benzene rings is 1. The van der Waals surface area contributed by atoms with Crippen molar-refractivity contribution in [2.24, 2.45) is 0 Å². The first-order valence-electron chi connectivity index (χ1n) is 6.10. The molecule has 0 radical (unpaired) electrons. The van der Waals surface area contributed by atoms with E-state index in [-0.39, 0.29) is 36.0 Å². The van der Waals surface area contributed by atoms with Gasteiger partial charge in [-0.15, -0.1) is 0 Å². The van der Waals surface area contributed by atoms with Gasteiger partial charge in [0.1, 0.15) is 11.6 Å². The predicted octanol–water partition coefficient (Wildman–Crippen LogP) is 4.12. The second-order valence-corrected chi connectivity index (χ2v) is 5.38. The average Bonchev–Trinajstić information content (AvgIpc) is 2.87. The minimum atomic E-state index is -0.297. The van der Waals surface area contributed by atoms with Crippen molar-refractivity contribution in [1.82, 2.24) is 0 Å². The van der Waals surface area contributed by atoms with Gasteiger partial charge in [-0.1, -0.05) is 11.8 Å². The molecule has 1 heterocycles. The van der Waals surface area contributed by atoms with E-state index >= 15 is 0 Å². The van der Waals surface area contributed by atoms with Gasteiger partial charge in [0.15, 0.2) is 16.6 Å². The average molecular weight is 292 g/mol. The van der Waals surface area contributed by atoms with Gasteiger partial charge < -0.3 is 9.21 Å². The second-order valence-electron chi connectivity index (χ2n) is 4.30. The van der Waals surface area contributed by atoms with Crippen LogP contribution in [0.2, 0.25) is 0 Å². The van der Waals surface area contributed by atoms with Gasteiger partial charge in [-0.2, -0.15) is 0 Å². The van der Waals surface area contributed by atoms with Crippen molar-refractivity contribution in [3.63, 3.8) is 0 Å². The van der Waals surface area contributed by atoms with E-state index < -0.39 is 0 Å². The smallest absolute Gasteiger partial charge is 0.198 e. The van der Waals surface area contributed by atoms with E-state index in [2.05, 4.69) is 0 Å². The summed E-state index contributed by atoms with van der Waals surface area (Å²) in [6.07, 6.45) is 0.378. The zero-order chi connectivity index (χ0) is 14.5. The van der Waals surface area contributed by atoms with Crippen LogP contribution in [-0.2, 0) is 4.79 Å². The molecule has 2 rings (SSSR count). The Hall–Kier alpha value is -1.88. The summed E-state index contributed by atoms with van der Waals surface area (Å²) >= 11 is 1.31. The number of hydrogen-bond acceptors (Lipinski definition) is 4. The van der Waals surface area contributed by atoms with Crippen molar-refractivity contribution >= 4 is 23.3 Å². The van der Waals surface area contributed by atoms with Crippen LogP contribution in [0.15, 0.2) is 50.8 Å². The standard InChI is InChI=1S/C15H13FO3S/c1-10(17)2-7-13(18)14-8-9-15(19-14)20-12-5-3-11(16)4-6-12/h3-6,8-9H,2,7H2,1H3. The maximum atomic E-state index is 12.8. The maximum absolute atomic E-state index is 12.8. The summed E-state index contributed by atoms with van der Waals surface area (Å²) in [7, 11) is 0. The molecule has 2 aromatic rings. The first kappa shape index (κ1) is 14.5. The summed E-state index contributed by atoms with van der Waals surface area (Å²) in [5.74, 6) is -0.262. The summed E-state index contributed by atoms with van der Waals surface area (Å²) in [4.78, 5) is 23.4. The van der Waals surface area contributed by atoms with E-state index in [1.54, 1.807) is 24.3 Å². The molecular weight excluding hydrogens is 279 g/mol. The molecule has 0 unspecified atom stereocenters. The number of carbonyl (C=O) groups is 2. The van der Waals surface area contributed by atoms with Gasteiger partial charge in [-0.3, -0.25) is 4.79 Å². The molecule has 0 spiro atoms. The molecule has 0 atom stereocenters. The number of carbonyl (C=O) groups excluding carboxylic acids is 2. The number of furan rings is 1. The summed E-state index contributed by atoms with van der Waals surface area (Å²) in [6.45, 7) is 1.45. The van der Waals surface area contributed by atoms with Crippen LogP contribution in [0.5, 0.6) is 0 Å². The van der Waals surface area contributed by atoms with Crippen LogP contribution in [0.3, 0.4) is 0 Å². The number of hydrogen-bond donors (Lipinski definition) is 0. The molecule has 1 aromatic heterocycles. The predicted molar refractivity (Wildman–Crippen MR) is 73.5 cm³/mol. The van der Waals surface area contributed by atoms with Crippen molar-refractivity contribution in [2.75, 3.05) is 0 Å². The van der Waals surface area contributed by atoms with Crippen LogP contribution in [0.4, 0.5) is 4.39 Å². The van der Waals surface area contributed by atoms with Crippen molar-refractivity contribution in [3.05, 3.63) is 48.0 Å². The molecule has 0 aliphatic rings. The molecule has 0 aliphatic carbocycles. The van der Waals surface area contributed by atoms with Gasteiger partial charge in [0, 0.05) is 17.7 Å². The lowest BCUT2D eigenvalue weighted by Crippen LogP contribution is -2.00. The highest BCUT2D eigenvalue weighted by Gasteiger charge is 2.12. The van der Waals surface area contributed by atoms with Crippen molar-refractivity contribution < 1.29 is 18.4 Å². The summed E-state index contributed by atoms with van der Waals surface area (Å²) < 4.78 is 18.2. The van der Waals surface area contributed by atoms with Gasteiger partial charge >= 0.3 is 0 Å². The first-order valence-corrected chi connectivity index (χ1v) is 6.92. The lowest BCUT2D eigenvalue weighted by molar-refractivity contribution is -0.116. The molecule has 104 valence electrons. The zero-order valence-electron chi connectivity index (χ0n) is 10.9. The minimum Gasteiger partial charge on any atom is -0.446 e. The Balaban J connectivity index is 1.99. The van der Waals surface area contributed by atoms with Gasteiger partial charge in [-0.05, 0) is 43.3 Å². The normalized spacial score (nSPS) is 10.5. The Kier molecular flexibility index (Phi) is 4.74. The van der Waals surface area contributed by atoms with Gasteiger partial charge in [0.05, 0.1) is 0 Å². The molecule has 0 bridgehead atoms. The van der Waals surface area contributed by atoms with Crippen LogP contribution in [0, 0.1) is 5.82 Å². The van der Waals surface area contributed by atoms with Crippen molar-refractivity contribution in [1.29, 1.82) is 0 Å². The van der Waals surface area contributed by atoms with Gasteiger partial charge in [-0.25, -0.2) is 4.39 Å². The summed E-state index contributed by atoms with van der Waals surface area (Å²) in [6, 6.07) is 9.29. The van der Waals surface area contributed by atoms with Crippen LogP contribution in [-0.4, -0.2) is 11.6 Å². The fraction of sp³-hybridized carbons (Fsp3) is 0.200. The highest BCUT2D eigenvalue weighted by Crippen LogP contribution is 2.29. The number of ketones is 2. The van der Waals surface area contributed by atoms with E-state index in [1.165, 1.54) is 30.8 Å².